The molecule has 100 valence electrons. The molecule has 1 aliphatic carbocycles. The highest BCUT2D eigenvalue weighted by Crippen LogP contribution is 2.31. The Balaban J connectivity index is 2.20. The smallest absolute Gasteiger partial charge is 0.0471 e. The van der Waals surface area contributed by atoms with Gasteiger partial charge in [0, 0.05) is 28.7 Å². The summed E-state index contributed by atoms with van der Waals surface area (Å²) in [4.78, 5) is 2.38. The van der Waals surface area contributed by atoms with Gasteiger partial charge in [0.15, 0.2) is 0 Å². The second-order valence-corrected chi connectivity index (χ2v) is 5.93. The summed E-state index contributed by atoms with van der Waals surface area (Å²) in [5.41, 5.74) is 7.06. The average Bonchev–Trinajstić information content (AvgIpc) is 2.81. The summed E-state index contributed by atoms with van der Waals surface area (Å²) in [7, 11) is 2.16. The molecule has 18 heavy (non-hydrogen) atoms. The summed E-state index contributed by atoms with van der Waals surface area (Å²) in [6.07, 6.45) is 5.17. The van der Waals surface area contributed by atoms with Crippen LogP contribution in [0, 0.1) is 0 Å². The zero-order valence-corrected chi connectivity index (χ0v) is 12.2. The van der Waals surface area contributed by atoms with Crippen molar-refractivity contribution >= 4 is 23.2 Å². The zero-order valence-electron chi connectivity index (χ0n) is 10.7. The quantitative estimate of drug-likeness (QED) is 0.911. The van der Waals surface area contributed by atoms with Crippen molar-refractivity contribution in [2.75, 3.05) is 13.6 Å². The summed E-state index contributed by atoms with van der Waals surface area (Å²) in [5.74, 6) is 0. The van der Waals surface area contributed by atoms with Crippen LogP contribution in [0.4, 0.5) is 0 Å². The molecule has 2 N–H and O–H groups in total. The standard InChI is InChI=1S/C14H20Cl2N2/c1-18(13-4-2-3-5-13)14(9-17)10-6-11(15)8-12(16)7-10/h6-8,13-14H,2-5,9,17H2,1H3. The highest BCUT2D eigenvalue weighted by Gasteiger charge is 2.26. The van der Waals surface area contributed by atoms with Crippen molar-refractivity contribution in [3.05, 3.63) is 33.8 Å². The predicted molar refractivity (Wildman–Crippen MR) is 78.3 cm³/mol. The van der Waals surface area contributed by atoms with E-state index in [2.05, 4.69) is 11.9 Å². The third kappa shape index (κ3) is 3.18. The number of halogens is 2. The molecule has 0 aromatic heterocycles. The maximum absolute atomic E-state index is 6.07. The number of rotatable bonds is 4. The van der Waals surface area contributed by atoms with Gasteiger partial charge in [-0.3, -0.25) is 4.90 Å². The van der Waals surface area contributed by atoms with Crippen molar-refractivity contribution < 1.29 is 0 Å². The lowest BCUT2D eigenvalue weighted by Gasteiger charge is -2.32. The van der Waals surface area contributed by atoms with Crippen LogP contribution in [-0.2, 0) is 0 Å². The maximum Gasteiger partial charge on any atom is 0.0471 e. The van der Waals surface area contributed by atoms with Crippen LogP contribution in [0.1, 0.15) is 37.3 Å². The first-order chi connectivity index (χ1) is 8.61. The van der Waals surface area contributed by atoms with Gasteiger partial charge in [-0.25, -0.2) is 0 Å². The lowest BCUT2D eigenvalue weighted by atomic mass is 10.0. The van der Waals surface area contributed by atoms with E-state index < -0.39 is 0 Å². The van der Waals surface area contributed by atoms with Gasteiger partial charge in [0.2, 0.25) is 0 Å². The molecule has 0 heterocycles. The molecule has 0 saturated heterocycles. The minimum absolute atomic E-state index is 0.198. The van der Waals surface area contributed by atoms with Crippen LogP contribution in [0.5, 0.6) is 0 Å². The summed E-state index contributed by atoms with van der Waals surface area (Å²) in [5, 5.41) is 1.35. The number of hydrogen-bond donors (Lipinski definition) is 1. The fourth-order valence-electron chi connectivity index (χ4n) is 2.87. The molecule has 1 atom stereocenters. The van der Waals surface area contributed by atoms with Crippen LogP contribution < -0.4 is 5.73 Å². The Bertz CT molecular complexity index is 383. The highest BCUT2D eigenvalue weighted by atomic mass is 35.5. The van der Waals surface area contributed by atoms with Gasteiger partial charge in [0.05, 0.1) is 0 Å². The monoisotopic (exact) mass is 286 g/mol. The lowest BCUT2D eigenvalue weighted by molar-refractivity contribution is 0.179. The number of benzene rings is 1. The molecule has 4 heteroatoms. The van der Waals surface area contributed by atoms with Gasteiger partial charge in [0.1, 0.15) is 0 Å². The first-order valence-corrected chi connectivity index (χ1v) is 7.25. The summed E-state index contributed by atoms with van der Waals surface area (Å²) < 4.78 is 0. The van der Waals surface area contributed by atoms with Crippen molar-refractivity contribution in [3.8, 4) is 0 Å². The van der Waals surface area contributed by atoms with E-state index >= 15 is 0 Å². The van der Waals surface area contributed by atoms with E-state index in [1.54, 1.807) is 6.07 Å². The van der Waals surface area contributed by atoms with Crippen molar-refractivity contribution in [3.63, 3.8) is 0 Å². The van der Waals surface area contributed by atoms with Crippen LogP contribution in [0.3, 0.4) is 0 Å². The zero-order chi connectivity index (χ0) is 13.1. The molecule has 0 bridgehead atoms. The molecule has 0 amide bonds. The van der Waals surface area contributed by atoms with E-state index in [1.165, 1.54) is 25.7 Å². The van der Waals surface area contributed by atoms with Gasteiger partial charge in [-0.05, 0) is 43.7 Å². The molecular weight excluding hydrogens is 267 g/mol. The van der Waals surface area contributed by atoms with Crippen LogP contribution in [0.2, 0.25) is 10.0 Å². The average molecular weight is 287 g/mol. The number of likely N-dealkylation sites (N-methyl/N-ethyl adjacent to an activating group) is 1. The third-order valence-electron chi connectivity index (χ3n) is 3.89. The Labute approximate surface area is 119 Å². The highest BCUT2D eigenvalue weighted by molar-refractivity contribution is 6.34. The minimum Gasteiger partial charge on any atom is -0.329 e. The molecule has 1 saturated carbocycles. The van der Waals surface area contributed by atoms with Gasteiger partial charge in [-0.2, -0.15) is 0 Å². The summed E-state index contributed by atoms with van der Waals surface area (Å²) in [6.45, 7) is 0.587. The molecule has 1 unspecified atom stereocenters. The SMILES string of the molecule is CN(C1CCCC1)C(CN)c1cc(Cl)cc(Cl)c1. The van der Waals surface area contributed by atoms with Crippen LogP contribution in [0.15, 0.2) is 18.2 Å². The molecule has 2 nitrogen and oxygen atoms in total. The van der Waals surface area contributed by atoms with Crippen molar-refractivity contribution in [1.29, 1.82) is 0 Å². The normalized spacial score (nSPS) is 18.5. The van der Waals surface area contributed by atoms with Crippen molar-refractivity contribution in [1.82, 2.24) is 4.90 Å². The third-order valence-corrected chi connectivity index (χ3v) is 4.32. The summed E-state index contributed by atoms with van der Waals surface area (Å²) in [6, 6.07) is 6.53. The van der Waals surface area contributed by atoms with Gasteiger partial charge in [-0.1, -0.05) is 36.0 Å². The first kappa shape index (κ1) is 14.1. The molecule has 1 aromatic carbocycles. The lowest BCUT2D eigenvalue weighted by Crippen LogP contribution is -2.37. The first-order valence-electron chi connectivity index (χ1n) is 6.50. The second kappa shape index (κ2) is 6.25. The van der Waals surface area contributed by atoms with E-state index in [9.17, 15) is 0 Å². The van der Waals surface area contributed by atoms with Crippen molar-refractivity contribution in [2.24, 2.45) is 5.73 Å². The summed E-state index contributed by atoms with van der Waals surface area (Å²) >= 11 is 12.1. The van der Waals surface area contributed by atoms with Gasteiger partial charge in [-0.15, -0.1) is 0 Å². The predicted octanol–water partition coefficient (Wildman–Crippen LogP) is 3.87. The molecule has 2 rings (SSSR count). The van der Waals surface area contributed by atoms with E-state index in [0.717, 1.165) is 5.56 Å². The Morgan fingerprint density at radius 3 is 2.28 bits per heavy atom. The van der Waals surface area contributed by atoms with Crippen LogP contribution in [0.25, 0.3) is 0 Å². The van der Waals surface area contributed by atoms with Gasteiger partial charge in [0.25, 0.3) is 0 Å². The molecule has 1 aromatic rings. The van der Waals surface area contributed by atoms with Crippen LogP contribution >= 0.6 is 23.2 Å². The molecule has 0 spiro atoms. The van der Waals surface area contributed by atoms with Crippen molar-refractivity contribution in [2.45, 2.75) is 37.8 Å². The Hall–Kier alpha value is -0.280. The number of nitrogens with two attached hydrogens (primary N) is 1. The Morgan fingerprint density at radius 2 is 1.78 bits per heavy atom. The largest absolute Gasteiger partial charge is 0.329 e. The van der Waals surface area contributed by atoms with E-state index in [1.807, 2.05) is 12.1 Å². The molecule has 1 fully saturated rings. The Kier molecular flexibility index (Phi) is 4.91. The Morgan fingerprint density at radius 1 is 1.22 bits per heavy atom. The van der Waals surface area contributed by atoms with E-state index in [-0.39, 0.29) is 6.04 Å². The van der Waals surface area contributed by atoms with Gasteiger partial charge < -0.3 is 5.73 Å². The van der Waals surface area contributed by atoms with Crippen LogP contribution in [-0.4, -0.2) is 24.5 Å². The fraction of sp³-hybridized carbons (Fsp3) is 0.571. The molecule has 1 aliphatic rings. The maximum atomic E-state index is 6.07. The topological polar surface area (TPSA) is 29.3 Å². The number of nitrogens with zero attached hydrogens (tertiary/aromatic N) is 1. The molecule has 0 aliphatic heterocycles. The second-order valence-electron chi connectivity index (χ2n) is 5.06. The fourth-order valence-corrected chi connectivity index (χ4v) is 3.41. The molecular formula is C14H20Cl2N2. The number of hydrogen-bond acceptors (Lipinski definition) is 2. The molecule has 0 radical (unpaired) electrons. The van der Waals surface area contributed by atoms with E-state index in [4.69, 9.17) is 28.9 Å². The minimum atomic E-state index is 0.198. The van der Waals surface area contributed by atoms with Gasteiger partial charge >= 0.3 is 0 Å². The van der Waals surface area contributed by atoms with E-state index in [0.29, 0.717) is 22.6 Å².